The molecule has 0 aromatic heterocycles. The van der Waals surface area contributed by atoms with E-state index in [0.29, 0.717) is 0 Å². The van der Waals surface area contributed by atoms with Crippen LogP contribution in [0.15, 0.2) is 12.3 Å². The highest BCUT2D eigenvalue weighted by Crippen LogP contribution is 1.95. The highest BCUT2D eigenvalue weighted by Gasteiger charge is 1.97. The Morgan fingerprint density at radius 3 is 2.50 bits per heavy atom. The number of alkyl halides is 1. The third kappa shape index (κ3) is 3.49. The number of halogens is 1. The van der Waals surface area contributed by atoms with Gasteiger partial charge < -0.3 is 9.84 Å². The molecule has 0 amide bonds. The minimum atomic E-state index is -1.38. The molecule has 0 rings (SSSR count). The average Bonchev–Trinajstić information content (AvgIpc) is 1.65. The Labute approximate surface area is 51.5 Å². The normalized spacial score (nSPS) is 8.12. The average molecular weight is 137 g/mol. The molecule has 8 heavy (non-hydrogen) atoms. The summed E-state index contributed by atoms with van der Waals surface area (Å²) in [6.45, 7) is 3.18. The van der Waals surface area contributed by atoms with Crippen LogP contribution in [-0.4, -0.2) is 17.1 Å². The summed E-state index contributed by atoms with van der Waals surface area (Å²) in [6.07, 6.45) is -1.38. The zero-order valence-corrected chi connectivity index (χ0v) is 4.81. The van der Waals surface area contributed by atoms with Crippen LogP contribution in [0.2, 0.25) is 0 Å². The Morgan fingerprint density at radius 1 is 1.88 bits per heavy atom. The van der Waals surface area contributed by atoms with Crippen molar-refractivity contribution in [1.82, 2.24) is 0 Å². The van der Waals surface area contributed by atoms with Crippen molar-refractivity contribution in [2.24, 2.45) is 0 Å². The molecule has 0 aliphatic rings. The number of carbonyl (C=O) groups is 1. The molecule has 0 unspecified atom stereocenters. The van der Waals surface area contributed by atoms with E-state index in [1.165, 1.54) is 0 Å². The van der Waals surface area contributed by atoms with Gasteiger partial charge in [-0.25, -0.2) is 4.79 Å². The summed E-state index contributed by atoms with van der Waals surface area (Å²) in [5.74, 6) is 0.0471. The number of hydrogen-bond donors (Lipinski definition) is 1. The molecule has 4 heteroatoms. The molecule has 0 radical (unpaired) electrons. The molecule has 0 aliphatic heterocycles. The van der Waals surface area contributed by atoms with Crippen LogP contribution < -0.4 is 0 Å². The van der Waals surface area contributed by atoms with Crippen LogP contribution >= 0.6 is 11.6 Å². The summed E-state index contributed by atoms with van der Waals surface area (Å²) in [4.78, 5) is 9.63. The summed E-state index contributed by atoms with van der Waals surface area (Å²) >= 11 is 5.11. The van der Waals surface area contributed by atoms with E-state index in [1.807, 2.05) is 0 Å². The Kier molecular flexibility index (Phi) is 3.03. The van der Waals surface area contributed by atoms with Crippen molar-refractivity contribution in [2.75, 3.05) is 5.88 Å². The summed E-state index contributed by atoms with van der Waals surface area (Å²) < 4.78 is 3.99. The van der Waals surface area contributed by atoms with Crippen LogP contribution in [0.25, 0.3) is 0 Å². The van der Waals surface area contributed by atoms with Crippen molar-refractivity contribution in [3.05, 3.63) is 12.3 Å². The van der Waals surface area contributed by atoms with Crippen LogP contribution in [0.3, 0.4) is 0 Å². The fourth-order valence-corrected chi connectivity index (χ4v) is 0.205. The maximum Gasteiger partial charge on any atom is 0.511 e. The molecule has 0 fully saturated rings. The molecule has 1 N–H and O–H groups in total. The van der Waals surface area contributed by atoms with E-state index in [0.717, 1.165) is 0 Å². The number of rotatable bonds is 2. The quantitative estimate of drug-likeness (QED) is 0.355. The first kappa shape index (κ1) is 7.30. The van der Waals surface area contributed by atoms with Gasteiger partial charge in [0, 0.05) is 0 Å². The molecule has 0 saturated carbocycles. The third-order valence-corrected chi connectivity index (χ3v) is 0.679. The molecule has 0 heterocycles. The maximum atomic E-state index is 9.63. The number of allylic oxidation sites excluding steroid dienone is 1. The van der Waals surface area contributed by atoms with E-state index in [4.69, 9.17) is 16.7 Å². The van der Waals surface area contributed by atoms with Gasteiger partial charge in [0.05, 0.1) is 5.88 Å². The monoisotopic (exact) mass is 136 g/mol. The number of ether oxygens (including phenoxy) is 1. The van der Waals surface area contributed by atoms with Crippen LogP contribution in [0, 0.1) is 0 Å². The highest BCUT2D eigenvalue weighted by atomic mass is 35.5. The lowest BCUT2D eigenvalue weighted by Crippen LogP contribution is -1.99. The molecule has 3 nitrogen and oxygen atoms in total. The van der Waals surface area contributed by atoms with E-state index in [-0.39, 0.29) is 11.6 Å². The molecule has 0 spiro atoms. The first-order valence-corrected chi connectivity index (χ1v) is 2.34. The molecule has 0 aromatic carbocycles. The van der Waals surface area contributed by atoms with Crippen molar-refractivity contribution >= 4 is 17.8 Å². The van der Waals surface area contributed by atoms with Gasteiger partial charge in [0.1, 0.15) is 5.76 Å². The predicted molar refractivity (Wildman–Crippen MR) is 29.0 cm³/mol. The van der Waals surface area contributed by atoms with Crippen molar-refractivity contribution in [2.45, 2.75) is 0 Å². The number of hydrogen-bond acceptors (Lipinski definition) is 2. The summed E-state index contributed by atoms with van der Waals surface area (Å²) in [7, 11) is 0. The maximum absolute atomic E-state index is 9.63. The van der Waals surface area contributed by atoms with E-state index >= 15 is 0 Å². The summed E-state index contributed by atoms with van der Waals surface area (Å²) in [5, 5.41) is 7.87. The van der Waals surface area contributed by atoms with Gasteiger partial charge in [0.15, 0.2) is 0 Å². The third-order valence-electron chi connectivity index (χ3n) is 0.381. The van der Waals surface area contributed by atoms with E-state index in [1.54, 1.807) is 0 Å². The van der Waals surface area contributed by atoms with Gasteiger partial charge in [-0.1, -0.05) is 6.58 Å². The van der Waals surface area contributed by atoms with Gasteiger partial charge in [-0.15, -0.1) is 11.6 Å². The SMILES string of the molecule is C=C(CCl)OC(=O)O. The fraction of sp³-hybridized carbons (Fsp3) is 0.250. The topological polar surface area (TPSA) is 46.5 Å². The minimum absolute atomic E-state index is 0.00625. The molecular formula is C4H5ClO3. The van der Waals surface area contributed by atoms with E-state index < -0.39 is 6.16 Å². The lowest BCUT2D eigenvalue weighted by Gasteiger charge is -1.95. The van der Waals surface area contributed by atoms with Crippen molar-refractivity contribution in [3.8, 4) is 0 Å². The van der Waals surface area contributed by atoms with Gasteiger partial charge in [-0.3, -0.25) is 0 Å². The number of carboxylic acid groups (broad SMARTS) is 1. The van der Waals surface area contributed by atoms with Crippen molar-refractivity contribution in [1.29, 1.82) is 0 Å². The molecule has 46 valence electrons. The van der Waals surface area contributed by atoms with Gasteiger partial charge in [-0.2, -0.15) is 0 Å². The standard InChI is InChI=1S/C4H5ClO3/c1-3(2-5)8-4(6)7/h1-2H2,(H,6,7). The first-order chi connectivity index (χ1) is 3.66. The molecule has 0 atom stereocenters. The zero-order valence-electron chi connectivity index (χ0n) is 4.06. The van der Waals surface area contributed by atoms with Crippen molar-refractivity contribution < 1.29 is 14.6 Å². The van der Waals surface area contributed by atoms with Gasteiger partial charge in [0.2, 0.25) is 0 Å². The van der Waals surface area contributed by atoms with Gasteiger partial charge in [0.25, 0.3) is 0 Å². The second-order valence-electron chi connectivity index (χ2n) is 1.04. The van der Waals surface area contributed by atoms with Crippen LogP contribution in [0.5, 0.6) is 0 Å². The van der Waals surface area contributed by atoms with Crippen LogP contribution in [-0.2, 0) is 4.74 Å². The van der Waals surface area contributed by atoms with Crippen molar-refractivity contribution in [3.63, 3.8) is 0 Å². The van der Waals surface area contributed by atoms with Crippen LogP contribution in [0.1, 0.15) is 0 Å². The Balaban J connectivity index is 3.40. The second-order valence-corrected chi connectivity index (χ2v) is 1.31. The molecule has 0 aliphatic carbocycles. The lowest BCUT2D eigenvalue weighted by atomic mass is 10.7. The lowest BCUT2D eigenvalue weighted by molar-refractivity contribution is 0.120. The molecule has 0 saturated heterocycles. The van der Waals surface area contributed by atoms with E-state index in [9.17, 15) is 4.79 Å². The Hall–Kier alpha value is -0.700. The summed E-state index contributed by atoms with van der Waals surface area (Å²) in [6, 6.07) is 0. The Bertz CT molecular complexity index is 110. The first-order valence-electron chi connectivity index (χ1n) is 1.81. The van der Waals surface area contributed by atoms with Gasteiger partial charge in [-0.05, 0) is 0 Å². The highest BCUT2D eigenvalue weighted by molar-refractivity contribution is 6.19. The van der Waals surface area contributed by atoms with Gasteiger partial charge >= 0.3 is 6.16 Å². The van der Waals surface area contributed by atoms with Crippen LogP contribution in [0.4, 0.5) is 4.79 Å². The largest absolute Gasteiger partial charge is 0.511 e. The fourth-order valence-electron chi connectivity index (χ4n) is 0.151. The summed E-state index contributed by atoms with van der Waals surface area (Å²) in [5.41, 5.74) is 0. The predicted octanol–water partition coefficient (Wildman–Crippen LogP) is 1.43. The smallest absolute Gasteiger partial charge is 0.449 e. The molecule has 0 bridgehead atoms. The molecular weight excluding hydrogens is 131 g/mol. The molecule has 0 aromatic rings. The zero-order chi connectivity index (χ0) is 6.57. The van der Waals surface area contributed by atoms with E-state index in [2.05, 4.69) is 11.3 Å². The Morgan fingerprint density at radius 2 is 2.38 bits per heavy atom. The second kappa shape index (κ2) is 3.32. The minimum Gasteiger partial charge on any atom is -0.449 e.